The molecule has 2 N–H and O–H groups in total. The van der Waals surface area contributed by atoms with Crippen LogP contribution in [0.15, 0.2) is 0 Å². The molecule has 2 fully saturated rings. The van der Waals surface area contributed by atoms with Gasteiger partial charge in [-0.3, -0.25) is 4.79 Å². The number of amides is 1. The molecule has 0 aromatic heterocycles. The maximum atomic E-state index is 12.0. The predicted octanol–water partition coefficient (Wildman–Crippen LogP) is 0.793. The molecular formula is C12H19N3O. The minimum atomic E-state index is -0.0419. The van der Waals surface area contributed by atoms with E-state index in [1.165, 1.54) is 19.3 Å². The van der Waals surface area contributed by atoms with Gasteiger partial charge in [-0.2, -0.15) is 5.26 Å². The lowest BCUT2D eigenvalue weighted by Crippen LogP contribution is -2.46. The maximum Gasteiger partial charge on any atom is 0.237 e. The molecular weight excluding hydrogens is 202 g/mol. The summed E-state index contributed by atoms with van der Waals surface area (Å²) in [5, 5.41) is 14.8. The molecule has 0 aromatic rings. The van der Waals surface area contributed by atoms with Gasteiger partial charge in [0.05, 0.1) is 18.5 Å². The lowest BCUT2D eigenvalue weighted by atomic mass is 9.93. The van der Waals surface area contributed by atoms with Crippen LogP contribution in [0, 0.1) is 23.2 Å². The van der Waals surface area contributed by atoms with Gasteiger partial charge in [0.15, 0.2) is 0 Å². The van der Waals surface area contributed by atoms with Gasteiger partial charge in [-0.1, -0.05) is 6.42 Å². The first kappa shape index (κ1) is 11.4. The second-order valence-electron chi connectivity index (χ2n) is 5.01. The molecule has 0 spiro atoms. The van der Waals surface area contributed by atoms with Gasteiger partial charge in [-0.15, -0.1) is 0 Å². The summed E-state index contributed by atoms with van der Waals surface area (Å²) in [6.07, 6.45) is 4.07. The van der Waals surface area contributed by atoms with E-state index in [-0.39, 0.29) is 18.0 Å². The number of carbonyl (C=O) groups excluding carboxylic acids is 1. The van der Waals surface area contributed by atoms with Crippen molar-refractivity contribution >= 4 is 5.91 Å². The maximum absolute atomic E-state index is 12.0. The highest BCUT2D eigenvalue weighted by atomic mass is 16.2. The van der Waals surface area contributed by atoms with Crippen molar-refractivity contribution < 1.29 is 4.79 Å². The van der Waals surface area contributed by atoms with Crippen LogP contribution in [0.5, 0.6) is 0 Å². The number of fused-ring (bicyclic) bond motifs is 1. The van der Waals surface area contributed by atoms with Gasteiger partial charge in [0.1, 0.15) is 0 Å². The average Bonchev–Trinajstić information content (AvgIpc) is 2.77. The number of nitriles is 1. The number of hydrogen-bond donors (Lipinski definition) is 2. The second kappa shape index (κ2) is 4.84. The molecule has 0 aromatic carbocycles. The van der Waals surface area contributed by atoms with Crippen LogP contribution in [0.2, 0.25) is 0 Å². The van der Waals surface area contributed by atoms with Crippen LogP contribution in [0.3, 0.4) is 0 Å². The molecule has 1 saturated heterocycles. The molecule has 2 aliphatic rings. The Bertz CT molecular complexity index is 310. The predicted molar refractivity (Wildman–Crippen MR) is 60.5 cm³/mol. The molecule has 1 amide bonds. The Morgan fingerprint density at radius 3 is 3.19 bits per heavy atom. The summed E-state index contributed by atoms with van der Waals surface area (Å²) in [6.45, 7) is 2.86. The third kappa shape index (κ3) is 2.19. The summed E-state index contributed by atoms with van der Waals surface area (Å²) in [5.41, 5.74) is 0. The molecule has 4 nitrogen and oxygen atoms in total. The smallest absolute Gasteiger partial charge is 0.237 e. The van der Waals surface area contributed by atoms with Crippen molar-refractivity contribution in [1.29, 1.82) is 5.26 Å². The van der Waals surface area contributed by atoms with E-state index < -0.39 is 0 Å². The first-order chi connectivity index (χ1) is 7.72. The first-order valence-electron chi connectivity index (χ1n) is 6.13. The Kier molecular flexibility index (Phi) is 3.45. The van der Waals surface area contributed by atoms with Gasteiger partial charge in [-0.25, -0.2) is 0 Å². The fraction of sp³-hybridized carbons (Fsp3) is 0.833. The van der Waals surface area contributed by atoms with Crippen LogP contribution >= 0.6 is 0 Å². The van der Waals surface area contributed by atoms with E-state index in [0.717, 1.165) is 6.54 Å². The Morgan fingerprint density at radius 1 is 1.62 bits per heavy atom. The fourth-order valence-electron chi connectivity index (χ4n) is 3.00. The van der Waals surface area contributed by atoms with Crippen molar-refractivity contribution in [1.82, 2.24) is 10.6 Å². The van der Waals surface area contributed by atoms with Crippen molar-refractivity contribution in [2.45, 2.75) is 44.7 Å². The van der Waals surface area contributed by atoms with Gasteiger partial charge < -0.3 is 10.6 Å². The van der Waals surface area contributed by atoms with Crippen LogP contribution in [0.1, 0.15) is 32.6 Å². The van der Waals surface area contributed by atoms with Crippen molar-refractivity contribution in [2.24, 2.45) is 11.8 Å². The van der Waals surface area contributed by atoms with E-state index in [0.29, 0.717) is 18.3 Å². The molecule has 4 unspecified atom stereocenters. The normalized spacial score (nSPS) is 34.1. The highest BCUT2D eigenvalue weighted by Crippen LogP contribution is 2.37. The molecule has 4 heteroatoms. The van der Waals surface area contributed by atoms with Crippen LogP contribution < -0.4 is 10.6 Å². The Labute approximate surface area is 96.4 Å². The highest BCUT2D eigenvalue weighted by molar-refractivity contribution is 5.82. The topological polar surface area (TPSA) is 64.9 Å². The van der Waals surface area contributed by atoms with Crippen molar-refractivity contribution in [3.8, 4) is 6.07 Å². The van der Waals surface area contributed by atoms with Gasteiger partial charge in [0.2, 0.25) is 5.91 Å². The lowest BCUT2D eigenvalue weighted by Gasteiger charge is -2.19. The number of nitrogens with one attached hydrogen (secondary N) is 2. The lowest BCUT2D eigenvalue weighted by molar-refractivity contribution is -0.124. The van der Waals surface area contributed by atoms with E-state index in [1.54, 1.807) is 0 Å². The highest BCUT2D eigenvalue weighted by Gasteiger charge is 2.42. The first-order valence-corrected chi connectivity index (χ1v) is 6.13. The van der Waals surface area contributed by atoms with E-state index in [1.807, 2.05) is 6.92 Å². The van der Waals surface area contributed by atoms with Crippen LogP contribution in [0.25, 0.3) is 0 Å². The quantitative estimate of drug-likeness (QED) is 0.740. The summed E-state index contributed by atoms with van der Waals surface area (Å²) < 4.78 is 0. The zero-order chi connectivity index (χ0) is 11.5. The number of rotatable bonds is 3. The Balaban J connectivity index is 1.88. The minimum absolute atomic E-state index is 0.0198. The van der Waals surface area contributed by atoms with Gasteiger partial charge in [0, 0.05) is 6.04 Å². The van der Waals surface area contributed by atoms with E-state index >= 15 is 0 Å². The second-order valence-corrected chi connectivity index (χ2v) is 5.01. The van der Waals surface area contributed by atoms with Crippen molar-refractivity contribution in [3.05, 3.63) is 0 Å². The molecule has 1 aliphatic heterocycles. The zero-order valence-electron chi connectivity index (χ0n) is 9.70. The SMILES string of the molecule is CC(CC#N)NC(=O)C1NCC2CCCC21. The average molecular weight is 221 g/mol. The molecule has 1 heterocycles. The Hall–Kier alpha value is -1.08. The minimum Gasteiger partial charge on any atom is -0.351 e. The van der Waals surface area contributed by atoms with Gasteiger partial charge in [-0.05, 0) is 38.1 Å². The van der Waals surface area contributed by atoms with Gasteiger partial charge >= 0.3 is 0 Å². The number of hydrogen-bond acceptors (Lipinski definition) is 3. The van der Waals surface area contributed by atoms with Crippen molar-refractivity contribution in [2.75, 3.05) is 6.54 Å². The zero-order valence-corrected chi connectivity index (χ0v) is 9.70. The third-order valence-electron chi connectivity index (χ3n) is 3.81. The molecule has 1 saturated carbocycles. The molecule has 88 valence electrons. The monoisotopic (exact) mass is 221 g/mol. The summed E-state index contributed by atoms with van der Waals surface area (Å²) in [6, 6.07) is 2.01. The molecule has 1 aliphatic carbocycles. The third-order valence-corrected chi connectivity index (χ3v) is 3.81. The fourth-order valence-corrected chi connectivity index (χ4v) is 3.00. The van der Waals surface area contributed by atoms with Crippen LogP contribution in [0.4, 0.5) is 0 Å². The number of carbonyl (C=O) groups is 1. The molecule has 16 heavy (non-hydrogen) atoms. The molecule has 0 radical (unpaired) electrons. The van der Waals surface area contributed by atoms with E-state index in [2.05, 4.69) is 16.7 Å². The van der Waals surface area contributed by atoms with Crippen LogP contribution in [-0.4, -0.2) is 24.5 Å². The summed E-state index contributed by atoms with van der Waals surface area (Å²) in [5.74, 6) is 1.30. The summed E-state index contributed by atoms with van der Waals surface area (Å²) in [7, 11) is 0. The number of nitrogens with zero attached hydrogens (tertiary/aromatic N) is 1. The molecule has 2 rings (SSSR count). The van der Waals surface area contributed by atoms with Crippen molar-refractivity contribution in [3.63, 3.8) is 0 Å². The van der Waals surface area contributed by atoms with E-state index in [9.17, 15) is 4.79 Å². The molecule has 4 atom stereocenters. The summed E-state index contributed by atoms with van der Waals surface area (Å²) >= 11 is 0. The molecule has 0 bridgehead atoms. The van der Waals surface area contributed by atoms with Gasteiger partial charge in [0.25, 0.3) is 0 Å². The van der Waals surface area contributed by atoms with Crippen LogP contribution in [-0.2, 0) is 4.79 Å². The largest absolute Gasteiger partial charge is 0.351 e. The van der Waals surface area contributed by atoms with E-state index in [4.69, 9.17) is 5.26 Å². The summed E-state index contributed by atoms with van der Waals surface area (Å²) in [4.78, 5) is 12.0. The Morgan fingerprint density at radius 2 is 2.44 bits per heavy atom. The standard InChI is InChI=1S/C12H19N3O/c1-8(5-6-13)15-12(16)11-10-4-2-3-9(10)7-14-11/h8-11,14H,2-5,7H2,1H3,(H,15,16).